The van der Waals surface area contributed by atoms with Crippen LogP contribution in [0, 0.1) is 11.6 Å². The van der Waals surface area contributed by atoms with E-state index in [1.54, 1.807) is 0 Å². The number of nitrogens with one attached hydrogen (secondary N) is 2. The molecule has 0 saturated carbocycles. The molecule has 5 nitrogen and oxygen atoms in total. The Kier molecular flexibility index (Phi) is 4.50. The number of ether oxygens (including phenoxy) is 1. The summed E-state index contributed by atoms with van der Waals surface area (Å²) in [5.74, 6) is -1.10. The van der Waals surface area contributed by atoms with Gasteiger partial charge in [0.2, 0.25) is 5.91 Å². The van der Waals surface area contributed by atoms with Gasteiger partial charge in [-0.25, -0.2) is 13.8 Å². The zero-order valence-corrected chi connectivity index (χ0v) is 14.4. The number of hydrogen-bond acceptors (Lipinski definition) is 4. The van der Waals surface area contributed by atoms with Crippen LogP contribution in [0.15, 0.2) is 41.6 Å². The van der Waals surface area contributed by atoms with Crippen molar-refractivity contribution in [3.8, 4) is 5.75 Å². The van der Waals surface area contributed by atoms with E-state index in [0.717, 1.165) is 23.4 Å². The van der Waals surface area contributed by atoms with Crippen molar-refractivity contribution in [2.75, 3.05) is 12.4 Å². The summed E-state index contributed by atoms with van der Waals surface area (Å²) in [6.07, 6.45) is 0.705. The van der Waals surface area contributed by atoms with Crippen LogP contribution in [0.2, 0.25) is 0 Å². The summed E-state index contributed by atoms with van der Waals surface area (Å²) in [6, 6.07) is 9.63. The standard InChI is InChI=1S/C18H15F2N3O2S/c19-11-7-14-15(8-12(11)20)23-18(22-14)26-9-17(24)21-13-5-6-25-16-4-2-1-3-10(13)16/h1-4,7-8,13H,5-6,9H2,(H,21,24)(H,22,23). The molecule has 1 aromatic heterocycles. The monoisotopic (exact) mass is 375 g/mol. The number of para-hydroxylation sites is 1. The van der Waals surface area contributed by atoms with Crippen LogP contribution in [-0.2, 0) is 4.79 Å². The van der Waals surface area contributed by atoms with Gasteiger partial charge in [-0.2, -0.15) is 0 Å². The summed E-state index contributed by atoms with van der Waals surface area (Å²) in [4.78, 5) is 19.3. The van der Waals surface area contributed by atoms with Gasteiger partial charge in [0.25, 0.3) is 0 Å². The number of amides is 1. The number of carbonyl (C=O) groups is 1. The lowest BCUT2D eigenvalue weighted by Crippen LogP contribution is -2.33. The van der Waals surface area contributed by atoms with E-state index in [1.807, 2.05) is 24.3 Å². The molecule has 0 bridgehead atoms. The van der Waals surface area contributed by atoms with Crippen molar-refractivity contribution in [1.82, 2.24) is 15.3 Å². The van der Waals surface area contributed by atoms with Crippen molar-refractivity contribution in [2.45, 2.75) is 17.6 Å². The number of rotatable bonds is 4. The summed E-state index contributed by atoms with van der Waals surface area (Å²) in [6.45, 7) is 0.551. The number of halogens is 2. The fraction of sp³-hybridized carbons (Fsp3) is 0.222. The highest BCUT2D eigenvalue weighted by Crippen LogP contribution is 2.31. The summed E-state index contributed by atoms with van der Waals surface area (Å²) in [7, 11) is 0. The van der Waals surface area contributed by atoms with E-state index in [0.29, 0.717) is 29.2 Å². The van der Waals surface area contributed by atoms with E-state index < -0.39 is 11.6 Å². The molecule has 8 heteroatoms. The van der Waals surface area contributed by atoms with Crippen LogP contribution in [0.25, 0.3) is 11.0 Å². The molecule has 2 aromatic carbocycles. The Labute approximate surface area is 152 Å². The largest absolute Gasteiger partial charge is 0.493 e. The summed E-state index contributed by atoms with van der Waals surface area (Å²) in [5, 5.41) is 3.43. The highest BCUT2D eigenvalue weighted by molar-refractivity contribution is 7.99. The average Bonchev–Trinajstić information content (AvgIpc) is 3.02. The summed E-state index contributed by atoms with van der Waals surface area (Å²) < 4.78 is 32.1. The van der Waals surface area contributed by atoms with Crippen LogP contribution in [-0.4, -0.2) is 28.2 Å². The molecule has 0 aliphatic carbocycles. The minimum atomic E-state index is -0.948. The van der Waals surface area contributed by atoms with Crippen molar-refractivity contribution in [3.63, 3.8) is 0 Å². The third-order valence-electron chi connectivity index (χ3n) is 4.14. The molecule has 1 unspecified atom stereocenters. The number of aromatic nitrogens is 2. The third-order valence-corrected chi connectivity index (χ3v) is 5.01. The van der Waals surface area contributed by atoms with Crippen molar-refractivity contribution in [2.24, 2.45) is 0 Å². The third kappa shape index (κ3) is 3.37. The molecular formula is C18H15F2N3O2S. The number of imidazole rings is 1. The Morgan fingerprint density at radius 1 is 1.31 bits per heavy atom. The van der Waals surface area contributed by atoms with Gasteiger partial charge < -0.3 is 15.0 Å². The Bertz CT molecular complexity index is 937. The first kappa shape index (κ1) is 16.8. The van der Waals surface area contributed by atoms with Gasteiger partial charge in [0.05, 0.1) is 29.4 Å². The van der Waals surface area contributed by atoms with Gasteiger partial charge in [0, 0.05) is 24.1 Å². The smallest absolute Gasteiger partial charge is 0.230 e. The van der Waals surface area contributed by atoms with Crippen molar-refractivity contribution in [1.29, 1.82) is 0 Å². The van der Waals surface area contributed by atoms with Crippen molar-refractivity contribution < 1.29 is 18.3 Å². The van der Waals surface area contributed by atoms with Gasteiger partial charge >= 0.3 is 0 Å². The molecule has 1 atom stereocenters. The molecule has 1 aliphatic rings. The Balaban J connectivity index is 1.40. The Morgan fingerprint density at radius 3 is 3.00 bits per heavy atom. The van der Waals surface area contributed by atoms with E-state index in [1.165, 1.54) is 11.8 Å². The van der Waals surface area contributed by atoms with E-state index in [4.69, 9.17) is 4.74 Å². The Morgan fingerprint density at radius 2 is 2.12 bits per heavy atom. The van der Waals surface area contributed by atoms with E-state index in [2.05, 4.69) is 15.3 Å². The van der Waals surface area contributed by atoms with Gasteiger partial charge in [-0.05, 0) is 6.07 Å². The number of hydrogen-bond donors (Lipinski definition) is 2. The first-order valence-corrected chi connectivity index (χ1v) is 9.07. The van der Waals surface area contributed by atoms with E-state index >= 15 is 0 Å². The zero-order chi connectivity index (χ0) is 18.1. The fourth-order valence-corrected chi connectivity index (χ4v) is 3.61. The van der Waals surface area contributed by atoms with Crippen LogP contribution in [0.1, 0.15) is 18.0 Å². The first-order valence-electron chi connectivity index (χ1n) is 8.09. The molecule has 1 aliphatic heterocycles. The first-order chi connectivity index (χ1) is 12.6. The number of nitrogens with zero attached hydrogens (tertiary/aromatic N) is 1. The highest BCUT2D eigenvalue weighted by atomic mass is 32.2. The molecule has 2 heterocycles. The van der Waals surface area contributed by atoms with E-state index in [-0.39, 0.29) is 17.7 Å². The lowest BCUT2D eigenvalue weighted by atomic mass is 10.0. The van der Waals surface area contributed by atoms with Crippen molar-refractivity contribution >= 4 is 28.7 Å². The van der Waals surface area contributed by atoms with Gasteiger partial charge in [0.1, 0.15) is 5.75 Å². The number of H-pyrrole nitrogens is 1. The summed E-state index contributed by atoms with van der Waals surface area (Å²) >= 11 is 1.18. The predicted molar refractivity (Wildman–Crippen MR) is 94.2 cm³/mol. The Hall–Kier alpha value is -2.61. The molecule has 0 radical (unpaired) electrons. The number of thioether (sulfide) groups is 1. The maximum atomic E-state index is 13.2. The molecule has 3 aromatic rings. The molecular weight excluding hydrogens is 360 g/mol. The van der Waals surface area contributed by atoms with Crippen LogP contribution < -0.4 is 10.1 Å². The molecule has 1 amide bonds. The second-order valence-corrected chi connectivity index (χ2v) is 6.87. The number of benzene rings is 2. The van der Waals surface area contributed by atoms with Gasteiger partial charge in [0.15, 0.2) is 16.8 Å². The molecule has 2 N–H and O–H groups in total. The summed E-state index contributed by atoms with van der Waals surface area (Å²) in [5.41, 5.74) is 1.68. The van der Waals surface area contributed by atoms with Gasteiger partial charge in [-0.1, -0.05) is 30.0 Å². The zero-order valence-electron chi connectivity index (χ0n) is 13.6. The minimum absolute atomic E-state index is 0.0908. The minimum Gasteiger partial charge on any atom is -0.493 e. The van der Waals surface area contributed by atoms with Crippen molar-refractivity contribution in [3.05, 3.63) is 53.6 Å². The second-order valence-electron chi connectivity index (χ2n) is 5.91. The average molecular weight is 375 g/mol. The maximum Gasteiger partial charge on any atom is 0.230 e. The molecule has 0 spiro atoms. The van der Waals surface area contributed by atoms with Crippen LogP contribution in [0.3, 0.4) is 0 Å². The second kappa shape index (κ2) is 6.95. The molecule has 0 fully saturated rings. The van der Waals surface area contributed by atoms with Gasteiger partial charge in [-0.3, -0.25) is 4.79 Å². The SMILES string of the molecule is O=C(CSc1nc2cc(F)c(F)cc2[nH]1)NC1CCOc2ccccc21. The quantitative estimate of drug-likeness (QED) is 0.684. The van der Waals surface area contributed by atoms with Crippen LogP contribution in [0.5, 0.6) is 5.75 Å². The molecule has 4 rings (SSSR count). The fourth-order valence-electron chi connectivity index (χ4n) is 2.91. The van der Waals surface area contributed by atoms with Gasteiger partial charge in [-0.15, -0.1) is 0 Å². The van der Waals surface area contributed by atoms with Crippen LogP contribution in [0.4, 0.5) is 8.78 Å². The topological polar surface area (TPSA) is 67.0 Å². The lowest BCUT2D eigenvalue weighted by Gasteiger charge is -2.26. The highest BCUT2D eigenvalue weighted by Gasteiger charge is 2.22. The number of fused-ring (bicyclic) bond motifs is 2. The molecule has 26 heavy (non-hydrogen) atoms. The number of carbonyl (C=O) groups excluding carboxylic acids is 1. The van der Waals surface area contributed by atoms with Crippen LogP contribution >= 0.6 is 11.8 Å². The molecule has 0 saturated heterocycles. The predicted octanol–water partition coefficient (Wildman–Crippen LogP) is 3.57. The lowest BCUT2D eigenvalue weighted by molar-refractivity contribution is -0.119. The number of aromatic amines is 1. The van der Waals surface area contributed by atoms with E-state index in [9.17, 15) is 13.6 Å². The normalized spacial score (nSPS) is 16.2. The molecule has 134 valence electrons. The maximum absolute atomic E-state index is 13.2.